The number of carbonyl (C=O) groups excluding carboxylic acids is 2. The molecule has 1 aliphatic rings. The summed E-state index contributed by atoms with van der Waals surface area (Å²) in [6.45, 7) is 1.26. The van der Waals surface area contributed by atoms with E-state index in [-0.39, 0.29) is 17.7 Å². The molecule has 0 aliphatic heterocycles. The maximum Gasteiger partial charge on any atom is 0.251 e. The fraction of sp³-hybridized carbons (Fsp3) is 0.556. The van der Waals surface area contributed by atoms with Gasteiger partial charge in [0.05, 0.1) is 0 Å². The second kappa shape index (κ2) is 9.30. The lowest BCUT2D eigenvalue weighted by Gasteiger charge is -2.20. The van der Waals surface area contributed by atoms with E-state index in [0.29, 0.717) is 24.3 Å². The molecule has 1 aromatic carbocycles. The van der Waals surface area contributed by atoms with Gasteiger partial charge in [-0.2, -0.15) is 0 Å². The van der Waals surface area contributed by atoms with Crippen LogP contribution in [0.3, 0.4) is 0 Å². The zero-order valence-electron chi connectivity index (χ0n) is 13.6. The van der Waals surface area contributed by atoms with Crippen LogP contribution in [-0.4, -0.2) is 24.9 Å². The molecule has 126 valence electrons. The Balaban J connectivity index is 1.88. The highest BCUT2D eigenvalue weighted by molar-refractivity contribution is 5.97. The highest BCUT2D eigenvalue weighted by Crippen LogP contribution is 2.25. The van der Waals surface area contributed by atoms with Gasteiger partial charge < -0.3 is 16.4 Å². The highest BCUT2D eigenvalue weighted by atomic mass is 16.2. The largest absolute Gasteiger partial charge is 0.352 e. The van der Waals surface area contributed by atoms with Crippen molar-refractivity contribution in [2.45, 2.75) is 44.9 Å². The number of unbranched alkanes of at least 4 members (excludes halogenated alkanes) is 1. The minimum absolute atomic E-state index is 0.0743. The first kappa shape index (κ1) is 17.5. The van der Waals surface area contributed by atoms with E-state index in [0.717, 1.165) is 38.5 Å². The third-order valence-electron chi connectivity index (χ3n) is 4.28. The Kier molecular flexibility index (Phi) is 7.07. The number of rotatable bonds is 7. The molecule has 0 heterocycles. The number of anilines is 1. The van der Waals surface area contributed by atoms with Crippen molar-refractivity contribution >= 4 is 17.5 Å². The van der Waals surface area contributed by atoms with E-state index in [1.165, 1.54) is 6.42 Å². The normalized spacial score (nSPS) is 15.2. The Morgan fingerprint density at radius 1 is 1.13 bits per heavy atom. The van der Waals surface area contributed by atoms with Gasteiger partial charge in [-0.15, -0.1) is 0 Å². The van der Waals surface area contributed by atoms with Crippen molar-refractivity contribution in [3.63, 3.8) is 0 Å². The van der Waals surface area contributed by atoms with Gasteiger partial charge in [0.15, 0.2) is 0 Å². The SMILES string of the molecule is NCCCCNC(=O)c1cccc(NC(=O)C2CCCCC2)c1. The van der Waals surface area contributed by atoms with Gasteiger partial charge in [0.25, 0.3) is 5.91 Å². The average Bonchev–Trinajstić information content (AvgIpc) is 2.59. The van der Waals surface area contributed by atoms with Crippen LogP contribution in [0.5, 0.6) is 0 Å². The molecule has 0 radical (unpaired) electrons. The Hall–Kier alpha value is -1.88. The first-order chi connectivity index (χ1) is 11.2. The molecule has 1 fully saturated rings. The number of hydrogen-bond acceptors (Lipinski definition) is 3. The van der Waals surface area contributed by atoms with Crippen LogP contribution in [0.1, 0.15) is 55.3 Å². The summed E-state index contributed by atoms with van der Waals surface area (Å²) in [7, 11) is 0. The maximum absolute atomic E-state index is 12.3. The zero-order chi connectivity index (χ0) is 16.5. The minimum atomic E-state index is -0.115. The summed E-state index contributed by atoms with van der Waals surface area (Å²) in [4.78, 5) is 24.4. The van der Waals surface area contributed by atoms with Crippen LogP contribution in [0.2, 0.25) is 0 Å². The molecule has 0 aromatic heterocycles. The average molecular weight is 317 g/mol. The van der Waals surface area contributed by atoms with Crippen molar-refractivity contribution in [2.24, 2.45) is 11.7 Å². The standard InChI is InChI=1S/C18H27N3O2/c19-11-4-5-12-20-17(22)15-9-6-10-16(13-15)21-18(23)14-7-2-1-3-8-14/h6,9-10,13-14H,1-5,7-8,11-12,19H2,(H,20,22)(H,21,23). The summed E-state index contributed by atoms with van der Waals surface area (Å²) in [5.41, 5.74) is 6.69. The van der Waals surface area contributed by atoms with Crippen LogP contribution in [0.4, 0.5) is 5.69 Å². The summed E-state index contributed by atoms with van der Waals surface area (Å²) < 4.78 is 0. The topological polar surface area (TPSA) is 84.2 Å². The molecular formula is C18H27N3O2. The lowest BCUT2D eigenvalue weighted by Crippen LogP contribution is -2.26. The number of benzene rings is 1. The van der Waals surface area contributed by atoms with Gasteiger partial charge in [-0.25, -0.2) is 0 Å². The van der Waals surface area contributed by atoms with Crippen LogP contribution in [-0.2, 0) is 4.79 Å². The van der Waals surface area contributed by atoms with Crippen molar-refractivity contribution in [3.8, 4) is 0 Å². The van der Waals surface area contributed by atoms with Crippen molar-refractivity contribution < 1.29 is 9.59 Å². The smallest absolute Gasteiger partial charge is 0.251 e. The second-order valence-electron chi connectivity index (χ2n) is 6.16. The van der Waals surface area contributed by atoms with Gasteiger partial charge in [-0.1, -0.05) is 25.3 Å². The zero-order valence-corrected chi connectivity index (χ0v) is 13.6. The Morgan fingerprint density at radius 3 is 2.65 bits per heavy atom. The van der Waals surface area contributed by atoms with E-state index < -0.39 is 0 Å². The first-order valence-electron chi connectivity index (χ1n) is 8.60. The van der Waals surface area contributed by atoms with E-state index in [1.807, 2.05) is 6.07 Å². The molecule has 0 spiro atoms. The highest BCUT2D eigenvalue weighted by Gasteiger charge is 2.21. The predicted molar refractivity (Wildman–Crippen MR) is 92.3 cm³/mol. The Labute approximate surface area is 138 Å². The Bertz CT molecular complexity index is 525. The molecule has 0 saturated heterocycles. The van der Waals surface area contributed by atoms with E-state index in [2.05, 4.69) is 10.6 Å². The fourth-order valence-electron chi connectivity index (χ4n) is 2.92. The van der Waals surface area contributed by atoms with Crippen molar-refractivity contribution in [2.75, 3.05) is 18.4 Å². The molecule has 23 heavy (non-hydrogen) atoms. The summed E-state index contributed by atoms with van der Waals surface area (Å²) in [6, 6.07) is 7.12. The molecule has 2 rings (SSSR count). The maximum atomic E-state index is 12.3. The third-order valence-corrected chi connectivity index (χ3v) is 4.28. The summed E-state index contributed by atoms with van der Waals surface area (Å²) in [6.07, 6.45) is 7.19. The fourth-order valence-corrected chi connectivity index (χ4v) is 2.92. The van der Waals surface area contributed by atoms with Gasteiger partial charge in [-0.3, -0.25) is 9.59 Å². The number of carbonyl (C=O) groups is 2. The molecule has 2 amide bonds. The van der Waals surface area contributed by atoms with Crippen molar-refractivity contribution in [3.05, 3.63) is 29.8 Å². The summed E-state index contributed by atoms with van der Waals surface area (Å²) >= 11 is 0. The van der Waals surface area contributed by atoms with Gasteiger partial charge in [0.1, 0.15) is 0 Å². The van der Waals surface area contributed by atoms with Gasteiger partial charge in [-0.05, 0) is 50.4 Å². The molecule has 1 saturated carbocycles. The minimum Gasteiger partial charge on any atom is -0.352 e. The van der Waals surface area contributed by atoms with Crippen LogP contribution in [0, 0.1) is 5.92 Å². The first-order valence-corrected chi connectivity index (χ1v) is 8.60. The Morgan fingerprint density at radius 2 is 1.91 bits per heavy atom. The molecule has 0 bridgehead atoms. The van der Waals surface area contributed by atoms with Crippen molar-refractivity contribution in [1.82, 2.24) is 5.32 Å². The molecule has 0 atom stereocenters. The molecule has 5 nitrogen and oxygen atoms in total. The number of nitrogens with two attached hydrogens (primary N) is 1. The molecule has 5 heteroatoms. The van der Waals surface area contributed by atoms with Gasteiger partial charge in [0.2, 0.25) is 5.91 Å². The lowest BCUT2D eigenvalue weighted by molar-refractivity contribution is -0.120. The summed E-state index contributed by atoms with van der Waals surface area (Å²) in [5.74, 6) is 0.0680. The molecule has 0 unspecified atom stereocenters. The predicted octanol–water partition coefficient (Wildman–Crippen LogP) is 2.67. The quantitative estimate of drug-likeness (QED) is 0.676. The molecule has 4 N–H and O–H groups in total. The van der Waals surface area contributed by atoms with Gasteiger partial charge >= 0.3 is 0 Å². The molecule has 1 aromatic rings. The van der Waals surface area contributed by atoms with Gasteiger partial charge in [0, 0.05) is 23.7 Å². The van der Waals surface area contributed by atoms with Crippen LogP contribution >= 0.6 is 0 Å². The number of amides is 2. The third kappa shape index (κ3) is 5.67. The summed E-state index contributed by atoms with van der Waals surface area (Å²) in [5, 5.41) is 5.82. The van der Waals surface area contributed by atoms with Crippen LogP contribution < -0.4 is 16.4 Å². The van der Waals surface area contributed by atoms with Crippen LogP contribution in [0.25, 0.3) is 0 Å². The second-order valence-corrected chi connectivity index (χ2v) is 6.16. The van der Waals surface area contributed by atoms with E-state index in [1.54, 1.807) is 18.2 Å². The van der Waals surface area contributed by atoms with E-state index in [4.69, 9.17) is 5.73 Å². The van der Waals surface area contributed by atoms with Crippen LogP contribution in [0.15, 0.2) is 24.3 Å². The molecular weight excluding hydrogens is 290 g/mol. The van der Waals surface area contributed by atoms with E-state index >= 15 is 0 Å². The molecule has 1 aliphatic carbocycles. The van der Waals surface area contributed by atoms with Crippen molar-refractivity contribution in [1.29, 1.82) is 0 Å². The number of hydrogen-bond donors (Lipinski definition) is 3. The van der Waals surface area contributed by atoms with E-state index in [9.17, 15) is 9.59 Å². The lowest BCUT2D eigenvalue weighted by atomic mass is 9.88. The number of nitrogens with one attached hydrogen (secondary N) is 2. The monoisotopic (exact) mass is 317 g/mol.